The number of nitro benzene ring substituents is 2. The fourth-order valence-electron chi connectivity index (χ4n) is 1.14. The molecule has 0 saturated carbocycles. The van der Waals surface area contributed by atoms with Gasteiger partial charge in [-0.15, -0.1) is 11.5 Å². The van der Waals surface area contributed by atoms with Gasteiger partial charge in [-0.05, 0) is 0 Å². The van der Waals surface area contributed by atoms with Crippen molar-refractivity contribution in [1.29, 1.82) is 0 Å². The van der Waals surface area contributed by atoms with Gasteiger partial charge < -0.3 is 10.2 Å². The van der Waals surface area contributed by atoms with Crippen LogP contribution in [0, 0.1) is 20.2 Å². The van der Waals surface area contributed by atoms with Gasteiger partial charge in [-0.3, -0.25) is 20.2 Å². The minimum absolute atomic E-state index is 0. The summed E-state index contributed by atoms with van der Waals surface area (Å²) in [6.45, 7) is 0. The molecule has 0 spiro atoms. The number of nitrogens with zero attached hydrogens (tertiary/aromatic N) is 2. The molecule has 2 aromatic carbocycles. The van der Waals surface area contributed by atoms with Crippen molar-refractivity contribution >= 4 is 49.1 Å². The van der Waals surface area contributed by atoms with Crippen LogP contribution in [0.4, 0.5) is 11.4 Å². The summed E-state index contributed by atoms with van der Waals surface area (Å²) in [5, 5.41) is 40.9. The minimum Gasteiger partial charge on any atom is -0.872 e. The molecular formula is C12H8CaN2O6. The molecule has 9 heteroatoms. The molecule has 0 aliphatic carbocycles. The third-order valence-corrected chi connectivity index (χ3v) is 2.10. The largest absolute Gasteiger partial charge is 2.00 e. The smallest absolute Gasteiger partial charge is 0.872 e. The Morgan fingerprint density at radius 3 is 1.05 bits per heavy atom. The summed E-state index contributed by atoms with van der Waals surface area (Å²) >= 11 is 0. The van der Waals surface area contributed by atoms with E-state index in [1.54, 1.807) is 0 Å². The summed E-state index contributed by atoms with van der Waals surface area (Å²) in [5.74, 6) is -0.434. The van der Waals surface area contributed by atoms with Crippen LogP contribution in [0.15, 0.2) is 48.5 Å². The SMILES string of the molecule is O=[N+]([O-])c1ccc([O-])cc1.O=[N+]([O-])c1ccc([O-])cc1.[Ca+2]. The fraction of sp³-hybridized carbons (Fsp3) is 0. The summed E-state index contributed by atoms with van der Waals surface area (Å²) in [5.41, 5.74) is -0.112. The van der Waals surface area contributed by atoms with Gasteiger partial charge in [-0.2, -0.15) is 0 Å². The van der Waals surface area contributed by atoms with Gasteiger partial charge in [0.1, 0.15) is 0 Å². The van der Waals surface area contributed by atoms with E-state index in [0.29, 0.717) is 0 Å². The molecule has 0 heterocycles. The van der Waals surface area contributed by atoms with E-state index >= 15 is 0 Å². The average molecular weight is 316 g/mol. The second-order valence-electron chi connectivity index (χ2n) is 3.50. The first-order chi connectivity index (χ1) is 9.40. The maximum Gasteiger partial charge on any atom is 2.00 e. The third kappa shape index (κ3) is 6.89. The Bertz CT molecular complexity index is 545. The van der Waals surface area contributed by atoms with Crippen LogP contribution in [0.5, 0.6) is 11.5 Å². The molecule has 0 aliphatic rings. The van der Waals surface area contributed by atoms with Gasteiger partial charge in [0.2, 0.25) is 0 Å². The first kappa shape index (κ1) is 19.1. The Labute approximate surface area is 149 Å². The quantitative estimate of drug-likeness (QED) is 0.460. The summed E-state index contributed by atoms with van der Waals surface area (Å²) in [6, 6.07) is 9.39. The van der Waals surface area contributed by atoms with Gasteiger partial charge in [0, 0.05) is 24.3 Å². The summed E-state index contributed by atoms with van der Waals surface area (Å²) in [6.07, 6.45) is 0. The maximum absolute atomic E-state index is 10.4. The average Bonchev–Trinajstić information content (AvgIpc) is 2.40. The predicted octanol–water partition coefficient (Wildman–Crippen LogP) is 0.956. The van der Waals surface area contributed by atoms with E-state index in [2.05, 4.69) is 0 Å². The van der Waals surface area contributed by atoms with Crippen molar-refractivity contribution in [2.45, 2.75) is 0 Å². The Balaban J connectivity index is 0.000000364. The molecular weight excluding hydrogens is 308 g/mol. The zero-order chi connectivity index (χ0) is 15.1. The van der Waals surface area contributed by atoms with Crippen LogP contribution in [0.1, 0.15) is 0 Å². The third-order valence-electron chi connectivity index (χ3n) is 2.10. The number of rotatable bonds is 2. The molecule has 0 N–H and O–H groups in total. The van der Waals surface area contributed by atoms with Crippen LogP contribution in [-0.4, -0.2) is 47.6 Å². The molecule has 8 nitrogen and oxygen atoms in total. The summed E-state index contributed by atoms with van der Waals surface area (Å²) in [4.78, 5) is 18.9. The van der Waals surface area contributed by atoms with Crippen molar-refractivity contribution in [3.05, 3.63) is 68.8 Å². The zero-order valence-electron chi connectivity index (χ0n) is 10.7. The van der Waals surface area contributed by atoms with Crippen molar-refractivity contribution in [2.75, 3.05) is 0 Å². The Morgan fingerprint density at radius 1 is 0.619 bits per heavy atom. The normalized spacial score (nSPS) is 8.76. The van der Waals surface area contributed by atoms with Gasteiger partial charge in [0.15, 0.2) is 0 Å². The number of non-ortho nitro benzene ring substituents is 2. The van der Waals surface area contributed by atoms with E-state index in [1.807, 2.05) is 0 Å². The fourth-order valence-corrected chi connectivity index (χ4v) is 1.14. The standard InChI is InChI=1S/2C6H5NO3.Ca/c2*8-6-3-1-5(2-4-6)7(9)10;/h2*1-4,8H;/q;;+2/p-2. The van der Waals surface area contributed by atoms with Gasteiger partial charge in [-0.25, -0.2) is 0 Å². The number of benzene rings is 2. The van der Waals surface area contributed by atoms with Gasteiger partial charge in [0.05, 0.1) is 9.85 Å². The monoisotopic (exact) mass is 316 g/mol. The summed E-state index contributed by atoms with van der Waals surface area (Å²) in [7, 11) is 0. The van der Waals surface area contributed by atoms with Crippen molar-refractivity contribution in [3.8, 4) is 11.5 Å². The molecule has 0 fully saturated rings. The molecule has 0 amide bonds. The van der Waals surface area contributed by atoms with Crippen molar-refractivity contribution in [1.82, 2.24) is 0 Å². The van der Waals surface area contributed by atoms with Crippen molar-refractivity contribution in [3.63, 3.8) is 0 Å². The molecule has 0 unspecified atom stereocenters. The number of hydrogen-bond acceptors (Lipinski definition) is 6. The molecule has 2 rings (SSSR count). The van der Waals surface area contributed by atoms with Crippen LogP contribution in [0.25, 0.3) is 0 Å². The molecule has 0 bridgehead atoms. The molecule has 0 radical (unpaired) electrons. The van der Waals surface area contributed by atoms with Crippen LogP contribution < -0.4 is 10.2 Å². The van der Waals surface area contributed by atoms with Gasteiger partial charge in [-0.1, -0.05) is 24.3 Å². The van der Waals surface area contributed by atoms with E-state index in [1.165, 1.54) is 24.3 Å². The second kappa shape index (κ2) is 9.11. The van der Waals surface area contributed by atoms with E-state index in [-0.39, 0.29) is 60.6 Å². The van der Waals surface area contributed by atoms with Gasteiger partial charge in [0.25, 0.3) is 11.4 Å². The minimum atomic E-state index is -0.542. The molecule has 0 saturated heterocycles. The van der Waals surface area contributed by atoms with Crippen LogP contribution >= 0.6 is 0 Å². The van der Waals surface area contributed by atoms with Crippen LogP contribution in [-0.2, 0) is 0 Å². The number of nitro groups is 2. The zero-order valence-corrected chi connectivity index (χ0v) is 12.9. The second-order valence-corrected chi connectivity index (χ2v) is 3.50. The Hall–Kier alpha value is -1.90. The molecule has 0 aliphatic heterocycles. The van der Waals surface area contributed by atoms with E-state index < -0.39 is 9.85 Å². The first-order valence-electron chi connectivity index (χ1n) is 5.23. The summed E-state index contributed by atoms with van der Waals surface area (Å²) < 4.78 is 0. The Morgan fingerprint density at radius 2 is 0.857 bits per heavy atom. The molecule has 0 atom stereocenters. The van der Waals surface area contributed by atoms with Crippen LogP contribution in [0.3, 0.4) is 0 Å². The Kier molecular flexibility index (Phi) is 8.29. The molecule has 0 aromatic heterocycles. The molecule has 2 aromatic rings. The molecule has 21 heavy (non-hydrogen) atoms. The molecule has 104 valence electrons. The predicted molar refractivity (Wildman–Crippen MR) is 70.8 cm³/mol. The van der Waals surface area contributed by atoms with E-state index in [0.717, 1.165) is 24.3 Å². The van der Waals surface area contributed by atoms with Crippen molar-refractivity contribution < 1.29 is 20.1 Å². The first-order valence-corrected chi connectivity index (χ1v) is 5.23. The van der Waals surface area contributed by atoms with Crippen LogP contribution in [0.2, 0.25) is 0 Å². The topological polar surface area (TPSA) is 132 Å². The van der Waals surface area contributed by atoms with E-state index in [4.69, 9.17) is 0 Å². The van der Waals surface area contributed by atoms with E-state index in [9.17, 15) is 30.4 Å². The van der Waals surface area contributed by atoms with Gasteiger partial charge >= 0.3 is 37.7 Å². The van der Waals surface area contributed by atoms with Crippen molar-refractivity contribution in [2.24, 2.45) is 0 Å². The maximum atomic E-state index is 10.4. The number of hydrogen-bond donors (Lipinski definition) is 0.